The van der Waals surface area contributed by atoms with Crippen LogP contribution in [-0.2, 0) is 21.0 Å². The molecule has 1 heterocycles. The maximum Gasteiger partial charge on any atom is 0.417 e. The zero-order chi connectivity index (χ0) is 22.6. The number of carbonyl (C=O) groups excluding carboxylic acids is 1. The van der Waals surface area contributed by atoms with Gasteiger partial charge in [0.05, 0.1) is 34.0 Å². The van der Waals surface area contributed by atoms with Crippen molar-refractivity contribution in [3.05, 3.63) is 83.7 Å². The van der Waals surface area contributed by atoms with Crippen LogP contribution in [0.2, 0.25) is 0 Å². The second-order valence-corrected chi connectivity index (χ2v) is 7.83. The highest BCUT2D eigenvalue weighted by molar-refractivity contribution is 7.90. The van der Waals surface area contributed by atoms with Gasteiger partial charge in [0, 0.05) is 17.8 Å². The van der Waals surface area contributed by atoms with E-state index in [0.29, 0.717) is 17.7 Å². The lowest BCUT2D eigenvalue weighted by Gasteiger charge is -2.13. The van der Waals surface area contributed by atoms with Crippen LogP contribution in [-0.4, -0.2) is 24.1 Å². The minimum atomic E-state index is -5.04. The Morgan fingerprint density at radius 1 is 1.16 bits per heavy atom. The van der Waals surface area contributed by atoms with Crippen LogP contribution in [0.25, 0.3) is 11.8 Å². The van der Waals surface area contributed by atoms with Crippen molar-refractivity contribution in [1.29, 1.82) is 5.26 Å². The Morgan fingerprint density at radius 2 is 1.87 bits per heavy atom. The molecule has 11 heteroatoms. The van der Waals surface area contributed by atoms with Gasteiger partial charge in [-0.2, -0.15) is 23.5 Å². The van der Waals surface area contributed by atoms with E-state index in [2.05, 4.69) is 5.10 Å². The molecule has 0 spiro atoms. The largest absolute Gasteiger partial charge is 0.417 e. The van der Waals surface area contributed by atoms with Crippen LogP contribution < -0.4 is 4.72 Å². The summed E-state index contributed by atoms with van der Waals surface area (Å²) in [7, 11) is -4.84. The van der Waals surface area contributed by atoms with Crippen LogP contribution >= 0.6 is 0 Å². The number of alkyl halides is 3. The van der Waals surface area contributed by atoms with Gasteiger partial charge in [-0.15, -0.1) is 0 Å². The first-order chi connectivity index (χ1) is 14.6. The van der Waals surface area contributed by atoms with Gasteiger partial charge in [-0.1, -0.05) is 18.2 Å². The Balaban J connectivity index is 1.79. The lowest BCUT2D eigenvalue weighted by molar-refractivity contribution is -0.140. The standard InChI is InChI=1S/C20H13F3N4O3S/c21-20(22,23)17-10-14(11-24)6-8-18(17)31(29,30)26-19(28)9-7-15-12-25-27(13-15)16-4-2-1-3-5-16/h1-10,12-13H,(H,26,28)/b9-7+. The molecule has 0 saturated carbocycles. The fourth-order valence-corrected chi connectivity index (χ4v) is 3.75. The van der Waals surface area contributed by atoms with Crippen LogP contribution in [0.15, 0.2) is 71.9 Å². The highest BCUT2D eigenvalue weighted by Gasteiger charge is 2.37. The third-order valence-corrected chi connectivity index (χ3v) is 5.39. The van der Waals surface area contributed by atoms with Gasteiger partial charge in [-0.05, 0) is 36.4 Å². The van der Waals surface area contributed by atoms with E-state index in [9.17, 15) is 26.4 Å². The fraction of sp³-hybridized carbons (Fsp3) is 0.0500. The number of amides is 1. The molecule has 3 aromatic rings. The van der Waals surface area contributed by atoms with Gasteiger partial charge in [0.25, 0.3) is 15.9 Å². The fourth-order valence-electron chi connectivity index (χ4n) is 2.59. The monoisotopic (exact) mass is 446 g/mol. The summed E-state index contributed by atoms with van der Waals surface area (Å²) < 4.78 is 67.5. The molecule has 0 unspecified atom stereocenters. The first kappa shape index (κ1) is 21.8. The number of sulfonamides is 1. The maximum atomic E-state index is 13.2. The smallest absolute Gasteiger partial charge is 0.269 e. The lowest BCUT2D eigenvalue weighted by atomic mass is 10.1. The molecule has 0 radical (unpaired) electrons. The Labute approximate surface area is 175 Å². The Kier molecular flexibility index (Phi) is 5.94. The summed E-state index contributed by atoms with van der Waals surface area (Å²) in [6, 6.07) is 12.5. The molecule has 0 aliphatic carbocycles. The lowest BCUT2D eigenvalue weighted by Crippen LogP contribution is -2.30. The van der Waals surface area contributed by atoms with Crippen molar-refractivity contribution < 1.29 is 26.4 Å². The first-order valence-corrected chi connectivity index (χ1v) is 10.0. The number of nitriles is 1. The molecule has 0 saturated heterocycles. The zero-order valence-electron chi connectivity index (χ0n) is 15.5. The molecule has 158 valence electrons. The Morgan fingerprint density at radius 3 is 2.52 bits per heavy atom. The number of hydrogen-bond donors (Lipinski definition) is 1. The number of para-hydroxylation sites is 1. The zero-order valence-corrected chi connectivity index (χ0v) is 16.4. The second-order valence-electron chi connectivity index (χ2n) is 6.18. The quantitative estimate of drug-likeness (QED) is 0.606. The molecule has 3 rings (SSSR count). The number of halogens is 3. The molecule has 0 bridgehead atoms. The molecule has 1 N–H and O–H groups in total. The summed E-state index contributed by atoms with van der Waals surface area (Å²) in [5, 5.41) is 12.9. The van der Waals surface area contributed by atoms with E-state index in [1.165, 1.54) is 23.0 Å². The summed E-state index contributed by atoms with van der Waals surface area (Å²) in [6.45, 7) is 0. The van der Waals surface area contributed by atoms with Gasteiger partial charge in [0.1, 0.15) is 0 Å². The van der Waals surface area contributed by atoms with E-state index in [1.54, 1.807) is 23.1 Å². The van der Waals surface area contributed by atoms with Crippen LogP contribution in [0.5, 0.6) is 0 Å². The average molecular weight is 446 g/mol. The first-order valence-electron chi connectivity index (χ1n) is 8.56. The van der Waals surface area contributed by atoms with Crippen molar-refractivity contribution in [2.24, 2.45) is 0 Å². The van der Waals surface area contributed by atoms with Crippen molar-refractivity contribution >= 4 is 22.0 Å². The molecule has 0 atom stereocenters. The third kappa shape index (κ3) is 5.18. The Hall–Kier alpha value is -3.91. The molecule has 2 aromatic carbocycles. The van der Waals surface area contributed by atoms with Gasteiger partial charge in [0.15, 0.2) is 0 Å². The molecule has 7 nitrogen and oxygen atoms in total. The molecular formula is C20H13F3N4O3S. The van der Waals surface area contributed by atoms with Crippen LogP contribution in [0, 0.1) is 11.3 Å². The normalized spacial score (nSPS) is 11.9. The minimum absolute atomic E-state index is 0.368. The van der Waals surface area contributed by atoms with Gasteiger partial charge in [-0.3, -0.25) is 4.79 Å². The van der Waals surface area contributed by atoms with E-state index in [4.69, 9.17) is 5.26 Å². The van der Waals surface area contributed by atoms with Crippen LogP contribution in [0.4, 0.5) is 13.2 Å². The number of nitrogens with one attached hydrogen (secondary N) is 1. The number of benzene rings is 2. The van der Waals surface area contributed by atoms with Crippen molar-refractivity contribution in [2.45, 2.75) is 11.1 Å². The maximum absolute atomic E-state index is 13.2. The number of nitrogens with zero attached hydrogens (tertiary/aromatic N) is 3. The predicted molar refractivity (Wildman–Crippen MR) is 104 cm³/mol. The SMILES string of the molecule is N#Cc1ccc(S(=O)(=O)NC(=O)/C=C/c2cnn(-c3ccccc3)c2)c(C(F)(F)F)c1. The van der Waals surface area contributed by atoms with E-state index in [0.717, 1.165) is 17.8 Å². The van der Waals surface area contributed by atoms with E-state index in [-0.39, 0.29) is 5.56 Å². The van der Waals surface area contributed by atoms with E-state index >= 15 is 0 Å². The molecule has 31 heavy (non-hydrogen) atoms. The van der Waals surface area contributed by atoms with E-state index < -0.39 is 32.6 Å². The average Bonchev–Trinajstić information content (AvgIpc) is 3.20. The number of carbonyl (C=O) groups is 1. The molecule has 0 aliphatic heterocycles. The molecular weight excluding hydrogens is 433 g/mol. The molecule has 0 aliphatic rings. The molecule has 0 fully saturated rings. The number of aromatic nitrogens is 2. The summed E-state index contributed by atoms with van der Waals surface area (Å²) in [4.78, 5) is 10.9. The summed E-state index contributed by atoms with van der Waals surface area (Å²) in [5.74, 6) is -1.15. The minimum Gasteiger partial charge on any atom is -0.269 e. The van der Waals surface area contributed by atoms with Crippen LogP contribution in [0.1, 0.15) is 16.7 Å². The topological polar surface area (TPSA) is 105 Å². The van der Waals surface area contributed by atoms with Gasteiger partial charge >= 0.3 is 6.18 Å². The van der Waals surface area contributed by atoms with Crippen molar-refractivity contribution in [1.82, 2.24) is 14.5 Å². The second kappa shape index (κ2) is 8.45. The summed E-state index contributed by atoms with van der Waals surface area (Å²) in [6.07, 6.45) is 0.0903. The van der Waals surface area contributed by atoms with Crippen LogP contribution in [0.3, 0.4) is 0 Å². The van der Waals surface area contributed by atoms with E-state index in [1.807, 2.05) is 18.2 Å². The van der Waals surface area contributed by atoms with Crippen molar-refractivity contribution in [3.8, 4) is 11.8 Å². The molecule has 1 aromatic heterocycles. The highest BCUT2D eigenvalue weighted by atomic mass is 32.2. The highest BCUT2D eigenvalue weighted by Crippen LogP contribution is 2.34. The van der Waals surface area contributed by atoms with Gasteiger partial charge < -0.3 is 0 Å². The van der Waals surface area contributed by atoms with Gasteiger partial charge in [0.2, 0.25) is 0 Å². The third-order valence-electron chi connectivity index (χ3n) is 3.99. The van der Waals surface area contributed by atoms with Crippen molar-refractivity contribution in [2.75, 3.05) is 0 Å². The number of hydrogen-bond acceptors (Lipinski definition) is 5. The van der Waals surface area contributed by atoms with Gasteiger partial charge in [-0.25, -0.2) is 17.8 Å². The summed E-state index contributed by atoms with van der Waals surface area (Å²) in [5.41, 5.74) is -0.687. The number of rotatable bonds is 5. The predicted octanol–water partition coefficient (Wildman–Crippen LogP) is 3.28. The molecule has 1 amide bonds. The summed E-state index contributed by atoms with van der Waals surface area (Å²) >= 11 is 0. The van der Waals surface area contributed by atoms with Crippen molar-refractivity contribution in [3.63, 3.8) is 0 Å². The Bertz CT molecular complexity index is 1290.